The predicted octanol–water partition coefficient (Wildman–Crippen LogP) is 2.69. The highest BCUT2D eigenvalue weighted by molar-refractivity contribution is 9.10. The van der Waals surface area contributed by atoms with Crippen molar-refractivity contribution in [2.24, 2.45) is 5.84 Å². The van der Waals surface area contributed by atoms with Crippen molar-refractivity contribution in [3.63, 3.8) is 0 Å². The Kier molecular flexibility index (Phi) is 4.42. The monoisotopic (exact) mass is 342 g/mol. The van der Waals surface area contributed by atoms with Crippen LogP contribution in [0.5, 0.6) is 0 Å². The van der Waals surface area contributed by atoms with Gasteiger partial charge in [0.1, 0.15) is 11.6 Å². The number of nitrogens with one attached hydrogen (secondary N) is 1. The standard InChI is InChI=1S/C13H13BrF2N4/c1-6-5-8(7(2)20-19-6)13(18-17)11-10(15)4-3-9(14)12(11)16/h3-5,13,18H,17H2,1-2H3. The highest BCUT2D eigenvalue weighted by atomic mass is 79.9. The van der Waals surface area contributed by atoms with Crippen LogP contribution in [0.25, 0.3) is 0 Å². The van der Waals surface area contributed by atoms with Crippen LogP contribution in [0.15, 0.2) is 22.7 Å². The molecule has 1 atom stereocenters. The van der Waals surface area contributed by atoms with Crippen molar-refractivity contribution < 1.29 is 8.78 Å². The summed E-state index contributed by atoms with van der Waals surface area (Å²) in [5, 5.41) is 7.85. The minimum absolute atomic E-state index is 0.155. The van der Waals surface area contributed by atoms with Gasteiger partial charge in [0.15, 0.2) is 0 Å². The first-order valence-corrected chi connectivity index (χ1v) is 6.65. The first kappa shape index (κ1) is 15.0. The molecule has 7 heteroatoms. The Bertz CT molecular complexity index is 649. The third kappa shape index (κ3) is 2.70. The second kappa shape index (κ2) is 5.90. The van der Waals surface area contributed by atoms with Gasteiger partial charge in [-0.3, -0.25) is 5.84 Å². The molecular formula is C13H13BrF2N4. The van der Waals surface area contributed by atoms with Gasteiger partial charge in [-0.05, 0) is 53.5 Å². The lowest BCUT2D eigenvalue weighted by molar-refractivity contribution is 0.505. The van der Waals surface area contributed by atoms with E-state index in [9.17, 15) is 8.78 Å². The van der Waals surface area contributed by atoms with Crippen LogP contribution in [0.2, 0.25) is 0 Å². The first-order chi connectivity index (χ1) is 9.45. The molecule has 0 aliphatic heterocycles. The molecule has 3 N–H and O–H groups in total. The molecule has 1 aromatic carbocycles. The summed E-state index contributed by atoms with van der Waals surface area (Å²) in [5.74, 6) is 4.13. The third-order valence-electron chi connectivity index (χ3n) is 2.99. The lowest BCUT2D eigenvalue weighted by Gasteiger charge is -2.20. The van der Waals surface area contributed by atoms with E-state index >= 15 is 0 Å². The van der Waals surface area contributed by atoms with Gasteiger partial charge in [0.05, 0.1) is 21.9 Å². The van der Waals surface area contributed by atoms with E-state index in [0.717, 1.165) is 0 Å². The van der Waals surface area contributed by atoms with Crippen LogP contribution < -0.4 is 11.3 Å². The van der Waals surface area contributed by atoms with E-state index in [2.05, 4.69) is 31.6 Å². The van der Waals surface area contributed by atoms with Crippen LogP contribution in [-0.4, -0.2) is 10.2 Å². The van der Waals surface area contributed by atoms with E-state index in [1.54, 1.807) is 19.9 Å². The summed E-state index contributed by atoms with van der Waals surface area (Å²) < 4.78 is 28.4. The smallest absolute Gasteiger partial charge is 0.145 e. The Hall–Kier alpha value is -1.44. The lowest BCUT2D eigenvalue weighted by atomic mass is 9.97. The molecule has 1 unspecified atom stereocenters. The fourth-order valence-electron chi connectivity index (χ4n) is 2.00. The van der Waals surface area contributed by atoms with Crippen LogP contribution >= 0.6 is 15.9 Å². The summed E-state index contributed by atoms with van der Waals surface area (Å²) in [5.41, 5.74) is 4.06. The summed E-state index contributed by atoms with van der Waals surface area (Å²) >= 11 is 3.05. The molecule has 1 aromatic heterocycles. The highest BCUT2D eigenvalue weighted by Gasteiger charge is 2.24. The number of aryl methyl sites for hydroxylation is 2. The fourth-order valence-corrected chi connectivity index (χ4v) is 2.34. The molecule has 20 heavy (non-hydrogen) atoms. The quantitative estimate of drug-likeness (QED) is 0.511. The molecule has 106 valence electrons. The van der Waals surface area contributed by atoms with Gasteiger partial charge in [0, 0.05) is 5.56 Å². The summed E-state index contributed by atoms with van der Waals surface area (Å²) in [6.07, 6.45) is 0. The van der Waals surface area contributed by atoms with Crippen molar-refractivity contribution in [3.05, 3.63) is 56.8 Å². The molecule has 0 spiro atoms. The second-order valence-corrected chi connectivity index (χ2v) is 5.24. The van der Waals surface area contributed by atoms with Crippen LogP contribution in [0.3, 0.4) is 0 Å². The zero-order valence-corrected chi connectivity index (χ0v) is 12.5. The fraction of sp³-hybridized carbons (Fsp3) is 0.231. The molecule has 0 aliphatic carbocycles. The number of benzene rings is 1. The molecule has 4 nitrogen and oxygen atoms in total. The van der Waals surface area contributed by atoms with Gasteiger partial charge in [-0.2, -0.15) is 10.2 Å². The number of hydrazine groups is 1. The molecule has 1 heterocycles. The average molecular weight is 343 g/mol. The van der Waals surface area contributed by atoms with E-state index in [4.69, 9.17) is 5.84 Å². The van der Waals surface area contributed by atoms with Crippen molar-refractivity contribution >= 4 is 15.9 Å². The number of hydrogen-bond acceptors (Lipinski definition) is 4. The van der Waals surface area contributed by atoms with Crippen molar-refractivity contribution in [2.45, 2.75) is 19.9 Å². The van der Waals surface area contributed by atoms with E-state index in [1.807, 2.05) is 0 Å². The molecular weight excluding hydrogens is 330 g/mol. The molecule has 0 radical (unpaired) electrons. The van der Waals surface area contributed by atoms with Gasteiger partial charge in [-0.1, -0.05) is 0 Å². The molecule has 0 amide bonds. The number of rotatable bonds is 3. The van der Waals surface area contributed by atoms with Crippen molar-refractivity contribution in [1.29, 1.82) is 0 Å². The SMILES string of the molecule is Cc1cc(C(NN)c2c(F)ccc(Br)c2F)c(C)nn1. The number of nitrogens with two attached hydrogens (primary N) is 1. The molecule has 2 rings (SSSR count). The Morgan fingerprint density at radius 1 is 1.25 bits per heavy atom. The normalized spacial score (nSPS) is 12.5. The number of nitrogens with zero attached hydrogens (tertiary/aromatic N) is 2. The Labute approximate surface area is 123 Å². The average Bonchev–Trinajstić information content (AvgIpc) is 2.42. The van der Waals surface area contributed by atoms with Crippen LogP contribution in [0.4, 0.5) is 8.78 Å². The summed E-state index contributed by atoms with van der Waals surface area (Å²) in [6.45, 7) is 3.46. The second-order valence-electron chi connectivity index (χ2n) is 4.38. The predicted molar refractivity (Wildman–Crippen MR) is 74.7 cm³/mol. The minimum Gasteiger partial charge on any atom is -0.271 e. The summed E-state index contributed by atoms with van der Waals surface area (Å²) in [6, 6.07) is 3.35. The Balaban J connectivity index is 2.64. The molecule has 0 saturated heterocycles. The zero-order chi connectivity index (χ0) is 14.9. The van der Waals surface area contributed by atoms with Gasteiger partial charge in [-0.25, -0.2) is 14.2 Å². The molecule has 2 aromatic rings. The molecule has 0 aliphatic rings. The van der Waals surface area contributed by atoms with Crippen LogP contribution in [0.1, 0.15) is 28.6 Å². The maximum absolute atomic E-state index is 14.2. The van der Waals surface area contributed by atoms with E-state index in [-0.39, 0.29) is 10.0 Å². The maximum Gasteiger partial charge on any atom is 0.145 e. The van der Waals surface area contributed by atoms with Gasteiger partial charge in [0.25, 0.3) is 0 Å². The van der Waals surface area contributed by atoms with Gasteiger partial charge in [0.2, 0.25) is 0 Å². The van der Waals surface area contributed by atoms with Crippen molar-refractivity contribution in [2.75, 3.05) is 0 Å². The number of halogens is 3. The zero-order valence-electron chi connectivity index (χ0n) is 10.9. The number of aromatic nitrogens is 2. The maximum atomic E-state index is 14.2. The van der Waals surface area contributed by atoms with Gasteiger partial charge < -0.3 is 0 Å². The van der Waals surface area contributed by atoms with E-state index in [0.29, 0.717) is 17.0 Å². The van der Waals surface area contributed by atoms with Gasteiger partial charge >= 0.3 is 0 Å². The van der Waals surface area contributed by atoms with E-state index in [1.165, 1.54) is 12.1 Å². The molecule has 0 saturated carbocycles. The topological polar surface area (TPSA) is 63.8 Å². The number of hydrogen-bond donors (Lipinski definition) is 2. The van der Waals surface area contributed by atoms with Crippen LogP contribution in [0, 0.1) is 25.5 Å². The summed E-state index contributed by atoms with van der Waals surface area (Å²) in [7, 11) is 0. The third-order valence-corrected chi connectivity index (χ3v) is 3.60. The lowest BCUT2D eigenvalue weighted by Crippen LogP contribution is -2.31. The summed E-state index contributed by atoms with van der Waals surface area (Å²) in [4.78, 5) is 0. The molecule has 0 fully saturated rings. The van der Waals surface area contributed by atoms with Crippen molar-refractivity contribution in [3.8, 4) is 0 Å². The highest BCUT2D eigenvalue weighted by Crippen LogP contribution is 2.31. The largest absolute Gasteiger partial charge is 0.271 e. The first-order valence-electron chi connectivity index (χ1n) is 5.86. The minimum atomic E-state index is -0.846. The Morgan fingerprint density at radius 2 is 1.95 bits per heavy atom. The van der Waals surface area contributed by atoms with E-state index < -0.39 is 17.7 Å². The Morgan fingerprint density at radius 3 is 2.60 bits per heavy atom. The molecule has 0 bridgehead atoms. The van der Waals surface area contributed by atoms with Crippen molar-refractivity contribution in [1.82, 2.24) is 15.6 Å². The van der Waals surface area contributed by atoms with Gasteiger partial charge in [-0.15, -0.1) is 0 Å². The van der Waals surface area contributed by atoms with Crippen LogP contribution in [-0.2, 0) is 0 Å².